The van der Waals surface area contributed by atoms with Crippen LogP contribution in [0.1, 0.15) is 86.4 Å². The van der Waals surface area contributed by atoms with Crippen molar-refractivity contribution < 1.29 is 23.9 Å². The average molecular weight is 575 g/mol. The smallest absolute Gasteiger partial charge is 0.405 e. The van der Waals surface area contributed by atoms with Crippen molar-refractivity contribution in [2.45, 2.75) is 69.5 Å². The van der Waals surface area contributed by atoms with E-state index in [0.29, 0.717) is 16.7 Å². The van der Waals surface area contributed by atoms with Gasteiger partial charge < -0.3 is 20.9 Å². The van der Waals surface area contributed by atoms with E-state index >= 15 is 0 Å². The fraction of sp³-hybridized carbons (Fsp3) is 0.364. The Hall–Kier alpha value is -3.78. The van der Waals surface area contributed by atoms with E-state index in [-0.39, 0.29) is 22.4 Å². The van der Waals surface area contributed by atoms with Gasteiger partial charge in [-0.3, -0.25) is 4.79 Å². The van der Waals surface area contributed by atoms with E-state index in [1.54, 1.807) is 12.1 Å². The number of primary amides is 2. The summed E-state index contributed by atoms with van der Waals surface area (Å²) in [5, 5.41) is 0. The number of thioether (sulfide) groups is 1. The molecule has 0 radical (unpaired) electrons. The van der Waals surface area contributed by atoms with Crippen molar-refractivity contribution in [3.8, 4) is 0 Å². The Labute approximate surface area is 246 Å². The lowest BCUT2D eigenvalue weighted by atomic mass is 9.65. The molecule has 0 saturated heterocycles. The van der Waals surface area contributed by atoms with E-state index in [1.165, 1.54) is 11.8 Å². The Morgan fingerprint density at radius 3 is 1.59 bits per heavy atom. The van der Waals surface area contributed by atoms with Crippen molar-refractivity contribution in [2.24, 2.45) is 16.9 Å². The fourth-order valence-corrected chi connectivity index (χ4v) is 7.08. The summed E-state index contributed by atoms with van der Waals surface area (Å²) in [4.78, 5) is 41.0. The van der Waals surface area contributed by atoms with E-state index in [9.17, 15) is 14.4 Å². The van der Waals surface area contributed by atoms with Crippen molar-refractivity contribution in [1.29, 1.82) is 0 Å². The first-order valence-corrected chi connectivity index (χ1v) is 14.5. The molecule has 7 nitrogen and oxygen atoms in total. The highest BCUT2D eigenvalue weighted by atomic mass is 32.2. The van der Waals surface area contributed by atoms with Gasteiger partial charge in [-0.1, -0.05) is 108 Å². The number of hydrogen-bond acceptors (Lipinski definition) is 6. The minimum Gasteiger partial charge on any atom is -0.440 e. The van der Waals surface area contributed by atoms with Gasteiger partial charge in [0, 0.05) is 16.2 Å². The summed E-state index contributed by atoms with van der Waals surface area (Å²) in [5.41, 5.74) is 12.5. The zero-order chi connectivity index (χ0) is 30.2. The molecule has 41 heavy (non-hydrogen) atoms. The summed E-state index contributed by atoms with van der Waals surface area (Å²) in [7, 11) is 0. The van der Waals surface area contributed by atoms with Crippen LogP contribution in [0.4, 0.5) is 9.59 Å². The lowest BCUT2D eigenvalue weighted by molar-refractivity contribution is -0.0500. The molecule has 2 atom stereocenters. The number of carbonyl (C=O) groups excluding carboxylic acids is 3. The second-order valence-electron chi connectivity index (χ2n) is 12.5. The molecule has 4 N–H and O–H groups in total. The molecule has 1 heterocycles. The van der Waals surface area contributed by atoms with Crippen LogP contribution in [0.2, 0.25) is 0 Å². The summed E-state index contributed by atoms with van der Waals surface area (Å²) in [6.07, 6.45) is -4.50. The second kappa shape index (κ2) is 11.2. The highest BCUT2D eigenvalue weighted by molar-refractivity contribution is 7.99. The van der Waals surface area contributed by atoms with Crippen LogP contribution in [0.15, 0.2) is 77.7 Å². The van der Waals surface area contributed by atoms with Gasteiger partial charge in [0.25, 0.3) is 0 Å². The molecule has 0 fully saturated rings. The molecule has 4 rings (SSSR count). The van der Waals surface area contributed by atoms with Gasteiger partial charge >= 0.3 is 12.2 Å². The minimum atomic E-state index is -1.62. The zero-order valence-corrected chi connectivity index (χ0v) is 25.2. The first-order chi connectivity index (χ1) is 19.2. The number of benzene rings is 3. The number of nitrogens with two attached hydrogens (primary N) is 2. The largest absolute Gasteiger partial charge is 0.440 e. The molecule has 1 aliphatic rings. The molecule has 3 aromatic carbocycles. The monoisotopic (exact) mass is 574 g/mol. The van der Waals surface area contributed by atoms with Crippen molar-refractivity contribution in [1.82, 2.24) is 0 Å². The maximum Gasteiger partial charge on any atom is 0.405 e. The summed E-state index contributed by atoms with van der Waals surface area (Å²) in [6.45, 7) is 12.2. The Balaban J connectivity index is 2.14. The van der Waals surface area contributed by atoms with Crippen molar-refractivity contribution in [2.75, 3.05) is 5.75 Å². The predicted octanol–water partition coefficient (Wildman–Crippen LogP) is 7.23. The molecule has 216 valence electrons. The van der Waals surface area contributed by atoms with Crippen LogP contribution in [0, 0.1) is 5.41 Å². The minimum absolute atomic E-state index is 0.135. The SMILES string of the molecule is CC(C)(C)c1ccccc1C(OC(N)=O)C1(C(OC(N)=O)c2ccccc2C(C)(C)C)CSc2ccccc2C1=O. The quantitative estimate of drug-likeness (QED) is 0.320. The first kappa shape index (κ1) is 30.2. The molecular formula is C33H38N2O5S. The Kier molecular flexibility index (Phi) is 8.28. The number of hydrogen-bond donors (Lipinski definition) is 2. The molecule has 8 heteroatoms. The van der Waals surface area contributed by atoms with Crippen LogP contribution < -0.4 is 11.5 Å². The second-order valence-corrected chi connectivity index (χ2v) is 13.5. The summed E-state index contributed by atoms with van der Waals surface area (Å²) in [6, 6.07) is 22.3. The molecule has 0 saturated carbocycles. The predicted molar refractivity (Wildman–Crippen MR) is 161 cm³/mol. The first-order valence-electron chi connectivity index (χ1n) is 13.6. The van der Waals surface area contributed by atoms with Gasteiger partial charge in [-0.05, 0) is 39.2 Å². The fourth-order valence-electron chi connectivity index (χ4n) is 5.76. The standard InChI is InChI=1S/C33H38N2O5S/c1-31(2,3)23-16-10-7-13-20(23)27(39-29(34)37)33(19-41-25-18-12-9-15-22(25)26(33)36)28(40-30(35)38)21-14-8-11-17-24(21)32(4,5)6/h7-18,27-28H,19H2,1-6H3,(H2,34,37)(H2,35,38). The van der Waals surface area contributed by atoms with Crippen LogP contribution in [0.3, 0.4) is 0 Å². The van der Waals surface area contributed by atoms with Gasteiger partial charge in [0.05, 0.1) is 0 Å². The van der Waals surface area contributed by atoms with Gasteiger partial charge in [-0.25, -0.2) is 9.59 Å². The lowest BCUT2D eigenvalue weighted by Gasteiger charge is -2.47. The van der Waals surface area contributed by atoms with Gasteiger partial charge in [-0.2, -0.15) is 0 Å². The van der Waals surface area contributed by atoms with Gasteiger partial charge in [0.15, 0.2) is 5.78 Å². The zero-order valence-electron chi connectivity index (χ0n) is 24.4. The molecule has 2 amide bonds. The third-order valence-electron chi connectivity index (χ3n) is 7.53. The Bertz CT molecular complexity index is 1390. The number of carbonyl (C=O) groups is 3. The maximum atomic E-state index is 15.0. The van der Waals surface area contributed by atoms with E-state index in [2.05, 4.69) is 0 Å². The summed E-state index contributed by atoms with van der Waals surface area (Å²) >= 11 is 1.44. The third-order valence-corrected chi connectivity index (χ3v) is 8.82. The highest BCUT2D eigenvalue weighted by Crippen LogP contribution is 2.58. The van der Waals surface area contributed by atoms with Crippen LogP contribution in [-0.2, 0) is 20.3 Å². The van der Waals surface area contributed by atoms with Crippen molar-refractivity contribution >= 4 is 29.7 Å². The normalized spacial score (nSPS) is 18.6. The van der Waals surface area contributed by atoms with Crippen LogP contribution >= 0.6 is 11.8 Å². The average Bonchev–Trinajstić information content (AvgIpc) is 2.90. The van der Waals surface area contributed by atoms with Crippen molar-refractivity contribution in [3.63, 3.8) is 0 Å². The molecule has 0 aromatic heterocycles. The van der Waals surface area contributed by atoms with Crippen LogP contribution in [0.25, 0.3) is 0 Å². The topological polar surface area (TPSA) is 122 Å². The summed E-state index contributed by atoms with van der Waals surface area (Å²) in [5.74, 6) is -0.188. The Morgan fingerprint density at radius 1 is 0.732 bits per heavy atom. The van der Waals surface area contributed by atoms with E-state index in [4.69, 9.17) is 20.9 Å². The van der Waals surface area contributed by atoms with E-state index in [0.717, 1.165) is 16.0 Å². The molecular weight excluding hydrogens is 536 g/mol. The van der Waals surface area contributed by atoms with Crippen LogP contribution in [0.5, 0.6) is 0 Å². The molecule has 0 spiro atoms. The van der Waals surface area contributed by atoms with Gasteiger partial charge in [0.1, 0.15) is 17.6 Å². The number of ether oxygens (including phenoxy) is 2. The molecule has 2 unspecified atom stereocenters. The van der Waals surface area contributed by atoms with Gasteiger partial charge in [0.2, 0.25) is 0 Å². The highest BCUT2D eigenvalue weighted by Gasteiger charge is 2.60. The van der Waals surface area contributed by atoms with Crippen molar-refractivity contribution in [3.05, 3.63) is 101 Å². The number of amides is 2. The number of fused-ring (bicyclic) bond motifs is 1. The number of Topliss-reactive ketones (excluding diaryl/α,β-unsaturated/α-hetero) is 1. The summed E-state index contributed by atoms with van der Waals surface area (Å²) < 4.78 is 12.0. The maximum absolute atomic E-state index is 15.0. The molecule has 0 aliphatic carbocycles. The van der Waals surface area contributed by atoms with E-state index in [1.807, 2.05) is 102 Å². The molecule has 3 aromatic rings. The molecule has 0 bridgehead atoms. The Morgan fingerprint density at radius 2 is 1.15 bits per heavy atom. The third kappa shape index (κ3) is 5.84. The molecule has 1 aliphatic heterocycles. The number of rotatable bonds is 6. The van der Waals surface area contributed by atoms with E-state index < -0.39 is 29.8 Å². The lowest BCUT2D eigenvalue weighted by Crippen LogP contribution is -2.51. The van der Waals surface area contributed by atoms with Gasteiger partial charge in [-0.15, -0.1) is 11.8 Å². The number of ketones is 1. The van der Waals surface area contributed by atoms with Crippen LogP contribution in [-0.4, -0.2) is 23.7 Å².